The Morgan fingerprint density at radius 2 is 1.55 bits per heavy atom. The predicted molar refractivity (Wildman–Crippen MR) is 185 cm³/mol. The maximum absolute atomic E-state index is 14.7. The number of carbonyl (C=O) groups is 3. The van der Waals surface area contributed by atoms with E-state index >= 15 is 0 Å². The van der Waals surface area contributed by atoms with Gasteiger partial charge in [0.25, 0.3) is 0 Å². The Bertz CT molecular complexity index is 1660. The highest BCUT2D eigenvalue weighted by atomic mass is 16.7. The van der Waals surface area contributed by atoms with Gasteiger partial charge in [-0.25, -0.2) is 9.80 Å². The molecule has 4 aromatic rings. The van der Waals surface area contributed by atoms with Gasteiger partial charge in [-0.2, -0.15) is 0 Å². The van der Waals surface area contributed by atoms with Gasteiger partial charge in [-0.3, -0.25) is 24.6 Å². The Morgan fingerprint density at radius 1 is 0.878 bits per heavy atom. The number of aromatic nitrogens is 2. The summed E-state index contributed by atoms with van der Waals surface area (Å²) in [5.41, 5.74) is 9.30. The molecule has 4 amide bonds. The average molecular weight is 672 g/mol. The number of hydrazine groups is 1. The molecule has 0 saturated carbocycles. The number of likely N-dealkylation sites (N-methyl/N-ethyl adjacent to an activating group) is 1. The number of hydrogen-bond acceptors (Lipinski definition) is 9. The lowest BCUT2D eigenvalue weighted by molar-refractivity contribution is -0.179. The van der Waals surface area contributed by atoms with Gasteiger partial charge in [-0.1, -0.05) is 54.6 Å². The van der Waals surface area contributed by atoms with E-state index in [2.05, 4.69) is 15.3 Å². The number of benzene rings is 3. The van der Waals surface area contributed by atoms with Crippen LogP contribution in [0.4, 0.5) is 4.79 Å². The molecule has 1 heterocycles. The molecule has 49 heavy (non-hydrogen) atoms. The SMILES string of the molecule is CCOC(OCC)[C@H](C)N(Cc1cccc2nccnc12)C(=O)[C@H](Cc1ccc(O)cc1)NC(=O)CN(C)N(Cc1ccccc1)C(N)=O. The first-order chi connectivity index (χ1) is 23.6. The van der Waals surface area contributed by atoms with Gasteiger partial charge in [-0.15, -0.1) is 0 Å². The van der Waals surface area contributed by atoms with E-state index in [1.807, 2.05) is 69.3 Å². The van der Waals surface area contributed by atoms with Gasteiger partial charge in [0.1, 0.15) is 11.8 Å². The lowest BCUT2D eigenvalue weighted by atomic mass is 10.0. The van der Waals surface area contributed by atoms with E-state index in [0.717, 1.165) is 11.1 Å². The van der Waals surface area contributed by atoms with Crippen LogP contribution in [0.3, 0.4) is 0 Å². The molecule has 13 heteroatoms. The van der Waals surface area contributed by atoms with Crippen LogP contribution in [0.5, 0.6) is 5.75 Å². The second kappa shape index (κ2) is 17.9. The summed E-state index contributed by atoms with van der Waals surface area (Å²) in [5.74, 6) is -0.822. The normalized spacial score (nSPS) is 12.5. The Balaban J connectivity index is 1.66. The standard InChI is InChI=1S/C36H45N7O6/c1-5-48-35(49-6-2)25(3)42(23-28-13-10-14-30-33(28)39-20-19-38-30)34(46)31(21-26-15-17-29(44)18-16-26)40-32(45)24-41(4)43(36(37)47)22-27-11-8-7-9-12-27/h7-20,25,31,35,44H,5-6,21-24H2,1-4H3,(H2,37,47)(H,40,45)/t25-,31-/m0/s1. The van der Waals surface area contributed by atoms with Crippen LogP contribution in [0.15, 0.2) is 85.2 Å². The highest BCUT2D eigenvalue weighted by Gasteiger charge is 2.34. The van der Waals surface area contributed by atoms with Crippen molar-refractivity contribution in [2.45, 2.75) is 58.7 Å². The smallest absolute Gasteiger partial charge is 0.329 e. The Labute approximate surface area is 286 Å². The molecule has 0 aliphatic carbocycles. The number of rotatable bonds is 17. The van der Waals surface area contributed by atoms with Gasteiger partial charge < -0.3 is 30.5 Å². The van der Waals surface area contributed by atoms with Crippen molar-refractivity contribution in [2.75, 3.05) is 26.8 Å². The molecule has 260 valence electrons. The third kappa shape index (κ3) is 10.2. The van der Waals surface area contributed by atoms with E-state index < -0.39 is 36.2 Å². The summed E-state index contributed by atoms with van der Waals surface area (Å²) in [4.78, 5) is 51.3. The van der Waals surface area contributed by atoms with Gasteiger partial charge >= 0.3 is 6.03 Å². The van der Waals surface area contributed by atoms with Crippen LogP contribution < -0.4 is 11.1 Å². The van der Waals surface area contributed by atoms with E-state index in [0.29, 0.717) is 29.8 Å². The Hall–Kier alpha value is -5.11. The second-order valence-corrected chi connectivity index (χ2v) is 11.5. The summed E-state index contributed by atoms with van der Waals surface area (Å²) in [6.07, 6.45) is 2.57. The average Bonchev–Trinajstić information content (AvgIpc) is 3.09. The minimum absolute atomic E-state index is 0.0748. The largest absolute Gasteiger partial charge is 0.508 e. The highest BCUT2D eigenvalue weighted by molar-refractivity contribution is 5.89. The van der Waals surface area contributed by atoms with Crippen LogP contribution in [0.2, 0.25) is 0 Å². The predicted octanol–water partition coefficient (Wildman–Crippen LogP) is 3.61. The number of nitrogens with zero attached hydrogens (tertiary/aromatic N) is 5. The molecule has 0 bridgehead atoms. The number of carbonyl (C=O) groups excluding carboxylic acids is 3. The van der Waals surface area contributed by atoms with Crippen LogP contribution in [-0.4, -0.2) is 93.0 Å². The molecule has 0 spiro atoms. The number of para-hydroxylation sites is 1. The first kappa shape index (κ1) is 36.7. The molecule has 1 aromatic heterocycles. The molecular formula is C36H45N7O6. The maximum atomic E-state index is 14.7. The monoisotopic (exact) mass is 671 g/mol. The van der Waals surface area contributed by atoms with Crippen molar-refractivity contribution in [1.29, 1.82) is 0 Å². The lowest BCUT2D eigenvalue weighted by Gasteiger charge is -2.37. The van der Waals surface area contributed by atoms with E-state index in [1.54, 1.807) is 36.5 Å². The number of urea groups is 1. The van der Waals surface area contributed by atoms with Crippen LogP contribution in [-0.2, 0) is 38.6 Å². The van der Waals surface area contributed by atoms with Crippen molar-refractivity contribution in [1.82, 2.24) is 30.2 Å². The zero-order chi connectivity index (χ0) is 35.3. The fourth-order valence-electron chi connectivity index (χ4n) is 5.51. The third-order valence-corrected chi connectivity index (χ3v) is 7.98. The van der Waals surface area contributed by atoms with Crippen LogP contribution in [0, 0.1) is 0 Å². The van der Waals surface area contributed by atoms with E-state index in [1.165, 1.54) is 22.2 Å². The lowest BCUT2D eigenvalue weighted by Crippen LogP contribution is -2.57. The second-order valence-electron chi connectivity index (χ2n) is 11.5. The van der Waals surface area contributed by atoms with Crippen LogP contribution in [0.1, 0.15) is 37.5 Å². The zero-order valence-electron chi connectivity index (χ0n) is 28.4. The summed E-state index contributed by atoms with van der Waals surface area (Å²) in [6.45, 7) is 6.28. The van der Waals surface area contributed by atoms with E-state index in [9.17, 15) is 19.5 Å². The minimum Gasteiger partial charge on any atom is -0.508 e. The van der Waals surface area contributed by atoms with Crippen LogP contribution in [0.25, 0.3) is 11.0 Å². The van der Waals surface area contributed by atoms with Crippen LogP contribution >= 0.6 is 0 Å². The molecule has 2 atom stereocenters. The quantitative estimate of drug-likeness (QED) is 0.112. The number of amides is 4. The number of nitrogens with two attached hydrogens (primary N) is 1. The minimum atomic E-state index is -1.05. The Kier molecular flexibility index (Phi) is 13.4. The first-order valence-corrected chi connectivity index (χ1v) is 16.2. The number of fused-ring (bicyclic) bond motifs is 1. The fraction of sp³-hybridized carbons (Fsp3) is 0.361. The maximum Gasteiger partial charge on any atom is 0.329 e. The zero-order valence-corrected chi connectivity index (χ0v) is 28.4. The van der Waals surface area contributed by atoms with Crippen molar-refractivity contribution < 1.29 is 29.0 Å². The van der Waals surface area contributed by atoms with Crippen molar-refractivity contribution in [2.24, 2.45) is 5.73 Å². The van der Waals surface area contributed by atoms with Crippen molar-refractivity contribution in [3.8, 4) is 5.75 Å². The molecule has 0 aliphatic rings. The Morgan fingerprint density at radius 3 is 2.20 bits per heavy atom. The molecule has 3 aromatic carbocycles. The summed E-state index contributed by atoms with van der Waals surface area (Å²) in [7, 11) is 1.58. The van der Waals surface area contributed by atoms with Gasteiger partial charge in [0.15, 0.2) is 6.29 Å². The molecule has 4 N–H and O–H groups in total. The van der Waals surface area contributed by atoms with Crippen molar-refractivity contribution in [3.63, 3.8) is 0 Å². The molecule has 4 rings (SSSR count). The van der Waals surface area contributed by atoms with Gasteiger partial charge in [0, 0.05) is 45.6 Å². The summed E-state index contributed by atoms with van der Waals surface area (Å²) in [6, 6.07) is 18.9. The molecule has 0 saturated heterocycles. The van der Waals surface area contributed by atoms with E-state index in [4.69, 9.17) is 15.2 Å². The van der Waals surface area contributed by atoms with Crippen molar-refractivity contribution in [3.05, 3.63) is 102 Å². The summed E-state index contributed by atoms with van der Waals surface area (Å²) in [5, 5.41) is 15.5. The van der Waals surface area contributed by atoms with Gasteiger partial charge in [0.05, 0.1) is 30.2 Å². The highest BCUT2D eigenvalue weighted by Crippen LogP contribution is 2.22. The number of primary amides is 1. The first-order valence-electron chi connectivity index (χ1n) is 16.2. The molecule has 0 radical (unpaired) electrons. The molecule has 0 fully saturated rings. The van der Waals surface area contributed by atoms with Gasteiger partial charge in [0.2, 0.25) is 11.8 Å². The fourth-order valence-corrected chi connectivity index (χ4v) is 5.51. The van der Waals surface area contributed by atoms with Gasteiger partial charge in [-0.05, 0) is 55.7 Å². The number of aromatic hydroxyl groups is 1. The topological polar surface area (TPSA) is 163 Å². The summed E-state index contributed by atoms with van der Waals surface area (Å²) < 4.78 is 11.9. The molecule has 0 aliphatic heterocycles. The number of phenolic OH excluding ortho intramolecular Hbond substituents is 1. The molecular weight excluding hydrogens is 626 g/mol. The number of nitrogens with one attached hydrogen (secondary N) is 1. The van der Waals surface area contributed by atoms with Crippen molar-refractivity contribution >= 4 is 28.9 Å². The molecule has 0 unspecified atom stereocenters. The number of ether oxygens (including phenoxy) is 2. The number of phenols is 1. The number of hydrogen-bond donors (Lipinski definition) is 3. The summed E-state index contributed by atoms with van der Waals surface area (Å²) >= 11 is 0. The van der Waals surface area contributed by atoms with E-state index in [-0.39, 0.29) is 31.8 Å². The molecule has 13 nitrogen and oxygen atoms in total. The third-order valence-electron chi connectivity index (χ3n) is 7.98.